The molecule has 0 saturated carbocycles. The number of aliphatic hydroxyl groups excluding tert-OH is 1. The second-order valence-corrected chi connectivity index (χ2v) is 5.25. The molecule has 7 heteroatoms. The summed E-state index contributed by atoms with van der Waals surface area (Å²) in [5.74, 6) is -0.248. The van der Waals surface area contributed by atoms with Crippen molar-refractivity contribution >= 4 is 27.7 Å². The van der Waals surface area contributed by atoms with Gasteiger partial charge in [0.2, 0.25) is 5.91 Å². The molecule has 1 aliphatic rings. The molecule has 2 rings (SSSR count). The van der Waals surface area contributed by atoms with Crippen LogP contribution in [-0.2, 0) is 4.79 Å². The summed E-state index contributed by atoms with van der Waals surface area (Å²) in [5, 5.41) is 11.5. The van der Waals surface area contributed by atoms with Crippen LogP contribution >= 0.6 is 15.9 Å². The van der Waals surface area contributed by atoms with E-state index in [2.05, 4.69) is 21.2 Å². The Bertz CT molecular complexity index is 474. The Labute approximate surface area is 118 Å². The minimum absolute atomic E-state index is 0.0602. The molecule has 1 saturated heterocycles. The van der Waals surface area contributed by atoms with Gasteiger partial charge in [-0.25, -0.2) is 0 Å². The third-order valence-corrected chi connectivity index (χ3v) is 3.52. The highest BCUT2D eigenvalue weighted by molar-refractivity contribution is 9.10. The van der Waals surface area contributed by atoms with E-state index in [0.29, 0.717) is 17.8 Å². The lowest BCUT2D eigenvalue weighted by atomic mass is 10.1. The van der Waals surface area contributed by atoms with Crippen molar-refractivity contribution in [3.05, 3.63) is 22.6 Å². The highest BCUT2D eigenvalue weighted by Gasteiger charge is 2.25. The van der Waals surface area contributed by atoms with Crippen molar-refractivity contribution in [2.45, 2.75) is 6.42 Å². The zero-order chi connectivity index (χ0) is 13.8. The second kappa shape index (κ2) is 6.21. The molecule has 0 spiro atoms. The predicted octanol–water partition coefficient (Wildman–Crippen LogP) is 0.613. The number of hydrogen-bond donors (Lipinski definition) is 2. The predicted molar refractivity (Wildman–Crippen MR) is 70.5 cm³/mol. The summed E-state index contributed by atoms with van der Waals surface area (Å²) in [5.41, 5.74) is 0. The summed E-state index contributed by atoms with van der Waals surface area (Å²) in [6.45, 7) is 1.22. The first-order chi connectivity index (χ1) is 9.10. The molecule has 1 atom stereocenters. The molecule has 104 valence electrons. The lowest BCUT2D eigenvalue weighted by Gasteiger charge is -2.16. The van der Waals surface area contributed by atoms with E-state index in [-0.39, 0.29) is 30.7 Å². The quantitative estimate of drug-likeness (QED) is 0.847. The monoisotopic (exact) mass is 330 g/mol. The molecule has 1 fully saturated rings. The molecule has 2 heterocycles. The van der Waals surface area contributed by atoms with Gasteiger partial charge in [0.05, 0.1) is 6.54 Å². The van der Waals surface area contributed by atoms with E-state index >= 15 is 0 Å². The van der Waals surface area contributed by atoms with Crippen LogP contribution in [0, 0.1) is 5.92 Å². The zero-order valence-corrected chi connectivity index (χ0v) is 11.9. The number of aliphatic hydroxyl groups is 1. The maximum absolute atomic E-state index is 11.8. The Morgan fingerprint density at radius 1 is 1.53 bits per heavy atom. The van der Waals surface area contributed by atoms with E-state index in [1.54, 1.807) is 11.0 Å². The Morgan fingerprint density at radius 2 is 2.32 bits per heavy atom. The van der Waals surface area contributed by atoms with Gasteiger partial charge in [0.15, 0.2) is 10.4 Å². The number of carbonyl (C=O) groups excluding carboxylic acids is 2. The van der Waals surface area contributed by atoms with Crippen molar-refractivity contribution in [2.24, 2.45) is 5.92 Å². The Morgan fingerprint density at radius 3 is 2.89 bits per heavy atom. The SMILES string of the molecule is O=C(NCC(=O)N1CCC(CO)C1)c1ccc(Br)o1. The number of halogens is 1. The average Bonchev–Trinajstić information content (AvgIpc) is 3.04. The fourth-order valence-corrected chi connectivity index (χ4v) is 2.31. The van der Waals surface area contributed by atoms with Gasteiger partial charge in [-0.15, -0.1) is 0 Å². The van der Waals surface area contributed by atoms with Gasteiger partial charge in [0, 0.05) is 25.6 Å². The normalized spacial score (nSPS) is 18.6. The van der Waals surface area contributed by atoms with E-state index in [1.807, 2.05) is 0 Å². The van der Waals surface area contributed by atoms with Crippen LogP contribution in [0.15, 0.2) is 21.2 Å². The first-order valence-electron chi connectivity index (χ1n) is 6.02. The van der Waals surface area contributed by atoms with Crippen LogP contribution in [0.5, 0.6) is 0 Å². The van der Waals surface area contributed by atoms with Gasteiger partial charge in [0.25, 0.3) is 5.91 Å². The van der Waals surface area contributed by atoms with Crippen molar-refractivity contribution in [2.75, 3.05) is 26.2 Å². The number of likely N-dealkylation sites (tertiary alicyclic amines) is 1. The average molecular weight is 331 g/mol. The molecule has 19 heavy (non-hydrogen) atoms. The van der Waals surface area contributed by atoms with Crippen LogP contribution in [0.3, 0.4) is 0 Å². The molecular formula is C12H15BrN2O4. The molecular weight excluding hydrogens is 316 g/mol. The van der Waals surface area contributed by atoms with Crippen molar-refractivity contribution in [1.29, 1.82) is 0 Å². The molecule has 2 amide bonds. The fraction of sp³-hybridized carbons (Fsp3) is 0.500. The minimum atomic E-state index is -0.419. The molecule has 0 radical (unpaired) electrons. The number of nitrogens with zero attached hydrogens (tertiary/aromatic N) is 1. The number of nitrogens with one attached hydrogen (secondary N) is 1. The molecule has 6 nitrogen and oxygen atoms in total. The van der Waals surface area contributed by atoms with Crippen LogP contribution in [0.1, 0.15) is 17.0 Å². The summed E-state index contributed by atoms with van der Waals surface area (Å²) < 4.78 is 5.55. The molecule has 1 aromatic rings. The number of amides is 2. The summed E-state index contributed by atoms with van der Waals surface area (Å²) in [6.07, 6.45) is 0.807. The summed E-state index contributed by atoms with van der Waals surface area (Å²) in [6, 6.07) is 3.14. The number of carbonyl (C=O) groups is 2. The highest BCUT2D eigenvalue weighted by Crippen LogP contribution is 2.15. The largest absolute Gasteiger partial charge is 0.444 e. The smallest absolute Gasteiger partial charge is 0.287 e. The van der Waals surface area contributed by atoms with Gasteiger partial charge in [0.1, 0.15) is 0 Å². The minimum Gasteiger partial charge on any atom is -0.444 e. The summed E-state index contributed by atoms with van der Waals surface area (Å²) in [4.78, 5) is 25.2. The van der Waals surface area contributed by atoms with Gasteiger partial charge >= 0.3 is 0 Å². The highest BCUT2D eigenvalue weighted by atomic mass is 79.9. The van der Waals surface area contributed by atoms with E-state index in [0.717, 1.165) is 6.42 Å². The lowest BCUT2D eigenvalue weighted by Crippen LogP contribution is -2.39. The molecule has 0 aliphatic carbocycles. The maximum atomic E-state index is 11.8. The topological polar surface area (TPSA) is 82.8 Å². The fourth-order valence-electron chi connectivity index (χ4n) is 2.00. The summed E-state index contributed by atoms with van der Waals surface area (Å²) >= 11 is 3.10. The molecule has 1 aromatic heterocycles. The second-order valence-electron chi connectivity index (χ2n) is 4.46. The third-order valence-electron chi connectivity index (χ3n) is 3.09. The zero-order valence-electron chi connectivity index (χ0n) is 10.3. The van der Waals surface area contributed by atoms with Crippen LogP contribution in [0.2, 0.25) is 0 Å². The van der Waals surface area contributed by atoms with E-state index in [4.69, 9.17) is 9.52 Å². The standard InChI is InChI=1S/C12H15BrN2O4/c13-10-2-1-9(19-10)12(18)14-5-11(17)15-4-3-8(6-15)7-16/h1-2,8,16H,3-7H2,(H,14,18). The molecule has 2 N–H and O–H groups in total. The van der Waals surface area contributed by atoms with Crippen molar-refractivity contribution < 1.29 is 19.1 Å². The first kappa shape index (κ1) is 14.1. The number of hydrogen-bond acceptors (Lipinski definition) is 4. The third kappa shape index (κ3) is 3.57. The van der Waals surface area contributed by atoms with Gasteiger partial charge in [-0.1, -0.05) is 0 Å². The molecule has 0 bridgehead atoms. The van der Waals surface area contributed by atoms with E-state index in [9.17, 15) is 9.59 Å². The van der Waals surface area contributed by atoms with Crippen LogP contribution < -0.4 is 5.32 Å². The lowest BCUT2D eigenvalue weighted by molar-refractivity contribution is -0.129. The molecule has 1 aliphatic heterocycles. The molecule has 0 aromatic carbocycles. The maximum Gasteiger partial charge on any atom is 0.287 e. The van der Waals surface area contributed by atoms with Crippen LogP contribution in [0.25, 0.3) is 0 Å². The van der Waals surface area contributed by atoms with Gasteiger partial charge in [-0.2, -0.15) is 0 Å². The summed E-state index contributed by atoms with van der Waals surface area (Å²) in [7, 11) is 0. The van der Waals surface area contributed by atoms with Crippen molar-refractivity contribution in [3.63, 3.8) is 0 Å². The van der Waals surface area contributed by atoms with E-state index in [1.165, 1.54) is 6.07 Å². The van der Waals surface area contributed by atoms with Gasteiger partial charge in [-0.3, -0.25) is 9.59 Å². The number of furan rings is 1. The van der Waals surface area contributed by atoms with E-state index < -0.39 is 5.91 Å². The van der Waals surface area contributed by atoms with Gasteiger partial charge < -0.3 is 19.7 Å². The Hall–Kier alpha value is -1.34. The first-order valence-corrected chi connectivity index (χ1v) is 6.81. The van der Waals surface area contributed by atoms with Crippen molar-refractivity contribution in [3.8, 4) is 0 Å². The molecule has 1 unspecified atom stereocenters. The Kier molecular flexibility index (Phi) is 4.60. The van der Waals surface area contributed by atoms with Crippen LogP contribution in [-0.4, -0.2) is 48.1 Å². The Balaban J connectivity index is 1.79. The number of rotatable bonds is 4. The van der Waals surface area contributed by atoms with Crippen LogP contribution in [0.4, 0.5) is 0 Å². The van der Waals surface area contributed by atoms with Gasteiger partial charge in [-0.05, 0) is 34.5 Å². The van der Waals surface area contributed by atoms with Crippen molar-refractivity contribution in [1.82, 2.24) is 10.2 Å².